The largest absolute Gasteiger partial charge is 1.00 e. The van der Waals surface area contributed by atoms with Gasteiger partial charge in [0.15, 0.2) is 11.6 Å². The Hall–Kier alpha value is -0.654. The first-order valence-corrected chi connectivity index (χ1v) is 17.9. The Labute approximate surface area is 339 Å². The normalized spacial score (nSPS) is 21.8. The molecule has 0 aromatic carbocycles. The molecule has 0 bridgehead atoms. The summed E-state index contributed by atoms with van der Waals surface area (Å²) >= 11 is 0. The van der Waals surface area contributed by atoms with E-state index in [2.05, 4.69) is 61.2 Å². The molecule has 7 heteroatoms. The summed E-state index contributed by atoms with van der Waals surface area (Å²) in [6.07, 6.45) is 16.6. The van der Waals surface area contributed by atoms with E-state index in [1.165, 1.54) is 64.2 Å². The van der Waals surface area contributed by atoms with Crippen LogP contribution in [0.4, 0.5) is 0 Å². The van der Waals surface area contributed by atoms with Crippen LogP contribution in [0.2, 0.25) is 0 Å². The molecule has 2 fully saturated rings. The first kappa shape index (κ1) is 49.5. The van der Waals surface area contributed by atoms with Crippen LogP contribution in [0, 0.1) is 47.4 Å². The molecular formula is C41H67KO6. The Bertz CT molecular complexity index is 1120. The number of hydrogen-bond donors (Lipinski definition) is 1. The Morgan fingerprint density at radius 1 is 0.667 bits per heavy atom. The molecule has 1 N–H and O–H groups in total. The second-order valence-electron chi connectivity index (χ2n) is 13.1. The molecule has 0 aliphatic carbocycles. The van der Waals surface area contributed by atoms with Crippen molar-refractivity contribution in [2.24, 2.45) is 0 Å². The molecule has 268 valence electrons. The van der Waals surface area contributed by atoms with Crippen LogP contribution in [-0.2, 0) is 23.7 Å². The molecule has 0 unspecified atom stereocenters. The van der Waals surface area contributed by atoms with Crippen molar-refractivity contribution in [3.8, 4) is 47.4 Å². The van der Waals surface area contributed by atoms with Crippen molar-refractivity contribution in [1.82, 2.24) is 0 Å². The van der Waals surface area contributed by atoms with E-state index in [0.29, 0.717) is 25.7 Å². The molecule has 5 atom stereocenters. The molecular weight excluding hydrogens is 628 g/mol. The van der Waals surface area contributed by atoms with Gasteiger partial charge in [0.05, 0.1) is 24.4 Å². The summed E-state index contributed by atoms with van der Waals surface area (Å²) < 4.78 is 23.9. The molecule has 0 saturated carbocycles. The molecule has 2 rings (SSSR count). The quantitative estimate of drug-likeness (QED) is 0.0921. The van der Waals surface area contributed by atoms with Gasteiger partial charge in [-0.2, -0.15) is 0 Å². The van der Waals surface area contributed by atoms with Crippen LogP contribution in [0.1, 0.15) is 167 Å². The maximum Gasteiger partial charge on any atom is 1.00 e. The third-order valence-electron chi connectivity index (χ3n) is 7.81. The second-order valence-corrected chi connectivity index (χ2v) is 13.1. The monoisotopic (exact) mass is 694 g/mol. The molecule has 2 heterocycles. The predicted octanol–water partition coefficient (Wildman–Crippen LogP) is 6.03. The van der Waals surface area contributed by atoms with E-state index in [9.17, 15) is 9.90 Å². The fraction of sp³-hybridized carbons (Fsp3) is 0.780. The summed E-state index contributed by atoms with van der Waals surface area (Å²) in [4.78, 5) is 11.1. The van der Waals surface area contributed by atoms with Crippen LogP contribution in [0.5, 0.6) is 0 Å². The number of aliphatic hydroxyl groups excluding tert-OH is 1. The van der Waals surface area contributed by atoms with Gasteiger partial charge in [0.1, 0.15) is 6.10 Å². The summed E-state index contributed by atoms with van der Waals surface area (Å²) in [7, 11) is 0. The third-order valence-corrected chi connectivity index (χ3v) is 7.81. The summed E-state index contributed by atoms with van der Waals surface area (Å²) in [5, 5.41) is 9.35. The number of Topliss-reactive ketones (excluding diaryl/α,β-unsaturated/α-hetero) is 1. The van der Waals surface area contributed by atoms with Crippen molar-refractivity contribution in [2.45, 2.75) is 208 Å². The van der Waals surface area contributed by atoms with Gasteiger partial charge in [-0.15, -0.1) is 0 Å². The number of unbranched alkanes of at least 4 members (excludes halogenated alkanes) is 8. The molecule has 0 amide bonds. The van der Waals surface area contributed by atoms with Gasteiger partial charge in [-0.1, -0.05) is 117 Å². The molecule has 0 spiro atoms. The number of hydrogen-bond acceptors (Lipinski definition) is 6. The summed E-state index contributed by atoms with van der Waals surface area (Å²) in [6, 6.07) is 0. The minimum Gasteiger partial charge on any atom is -1.00 e. The van der Waals surface area contributed by atoms with Crippen molar-refractivity contribution in [3.05, 3.63) is 0 Å². The van der Waals surface area contributed by atoms with E-state index < -0.39 is 17.7 Å². The Balaban J connectivity index is -0.000000814. The Morgan fingerprint density at radius 3 is 1.50 bits per heavy atom. The van der Waals surface area contributed by atoms with E-state index in [4.69, 9.17) is 18.9 Å². The van der Waals surface area contributed by atoms with Gasteiger partial charge < -0.3 is 25.5 Å². The third kappa shape index (κ3) is 23.7. The standard InChI is InChI=1S/C20H32O3.C20H30O3.CH4.K.H/c2*1-5-7-8-9-12-15-18-19(23-20(3,4)22-18)16-13-10-11-14-17(21)6-2;;;/h17-19,21H,5-9,12,15-16H2,1-4H3;18-19H,5-9,12,15-16H2,1-4H3;1H4;;/q;;;+1;-1/t17-,18+,19+;18-,19-;;;/m01.../s1. The van der Waals surface area contributed by atoms with Gasteiger partial charge >= 0.3 is 51.4 Å². The number of rotatable bonds is 16. The zero-order valence-electron chi connectivity index (χ0n) is 32.2. The minimum atomic E-state index is -0.579. The van der Waals surface area contributed by atoms with Crippen LogP contribution >= 0.6 is 0 Å². The molecule has 0 aromatic heterocycles. The first-order chi connectivity index (χ1) is 22.0. The van der Waals surface area contributed by atoms with Gasteiger partial charge in [0.25, 0.3) is 0 Å². The number of carbonyl (C=O) groups is 1. The van der Waals surface area contributed by atoms with E-state index in [-0.39, 0.29) is 90.4 Å². The molecule has 6 nitrogen and oxygen atoms in total. The van der Waals surface area contributed by atoms with Crippen molar-refractivity contribution >= 4 is 5.78 Å². The molecule has 48 heavy (non-hydrogen) atoms. The van der Waals surface area contributed by atoms with Crippen LogP contribution in [0.3, 0.4) is 0 Å². The zero-order valence-corrected chi connectivity index (χ0v) is 34.3. The van der Waals surface area contributed by atoms with Crippen LogP contribution in [0.15, 0.2) is 0 Å². The Kier molecular flexibility index (Phi) is 29.9. The average Bonchev–Trinajstić information content (AvgIpc) is 3.48. The smallest absolute Gasteiger partial charge is 1.00 e. The zero-order chi connectivity index (χ0) is 34.3. The van der Waals surface area contributed by atoms with E-state index >= 15 is 0 Å². The minimum absolute atomic E-state index is 0. The van der Waals surface area contributed by atoms with Crippen molar-refractivity contribution < 1.29 is 81.7 Å². The molecule has 0 radical (unpaired) electrons. The van der Waals surface area contributed by atoms with Crippen molar-refractivity contribution in [3.63, 3.8) is 0 Å². The SMILES string of the molecule is C.CCCCCCC[C@H]1OC(C)(C)O[C@@H]1CC#CC#CC(=O)CC.CCCCCCC[C@H]1OC(C)(C)O[C@@H]1CC#CC#C[C@@H](O)CC.[H-].[K+]. The van der Waals surface area contributed by atoms with Gasteiger partial charge in [-0.05, 0) is 76.6 Å². The molecule has 2 saturated heterocycles. The van der Waals surface area contributed by atoms with E-state index in [1.54, 1.807) is 6.92 Å². The maximum atomic E-state index is 11.1. The summed E-state index contributed by atoms with van der Waals surface area (Å²) in [6.45, 7) is 16.0. The summed E-state index contributed by atoms with van der Waals surface area (Å²) in [5.74, 6) is 21.0. The predicted molar refractivity (Wildman–Crippen MR) is 194 cm³/mol. The molecule has 2 aliphatic heterocycles. The Morgan fingerprint density at radius 2 is 1.08 bits per heavy atom. The number of carbonyl (C=O) groups excluding carboxylic acids is 1. The van der Waals surface area contributed by atoms with Gasteiger partial charge in [-0.25, -0.2) is 0 Å². The number of aliphatic hydroxyl groups is 1. The van der Waals surface area contributed by atoms with Crippen LogP contribution < -0.4 is 51.4 Å². The van der Waals surface area contributed by atoms with Gasteiger partial charge in [0.2, 0.25) is 5.78 Å². The van der Waals surface area contributed by atoms with Crippen LogP contribution in [0.25, 0.3) is 0 Å². The van der Waals surface area contributed by atoms with Gasteiger partial charge in [-0.3, -0.25) is 4.79 Å². The average molecular weight is 695 g/mol. The topological polar surface area (TPSA) is 74.2 Å². The van der Waals surface area contributed by atoms with E-state index in [0.717, 1.165) is 12.8 Å². The summed E-state index contributed by atoms with van der Waals surface area (Å²) in [5.41, 5.74) is 0. The van der Waals surface area contributed by atoms with Crippen molar-refractivity contribution in [1.29, 1.82) is 0 Å². The fourth-order valence-corrected chi connectivity index (χ4v) is 5.35. The first-order valence-electron chi connectivity index (χ1n) is 17.9. The van der Waals surface area contributed by atoms with Crippen LogP contribution in [-0.4, -0.2) is 53.0 Å². The fourth-order valence-electron chi connectivity index (χ4n) is 5.35. The molecule has 2 aliphatic rings. The van der Waals surface area contributed by atoms with E-state index in [1.807, 2.05) is 34.6 Å². The number of ether oxygens (including phenoxy) is 4. The maximum absolute atomic E-state index is 11.1. The number of ketones is 1. The second kappa shape index (κ2) is 29.0. The van der Waals surface area contributed by atoms with Gasteiger partial charge in [0, 0.05) is 19.3 Å². The van der Waals surface area contributed by atoms with Crippen molar-refractivity contribution in [2.75, 3.05) is 0 Å². The molecule has 0 aromatic rings.